The smallest absolute Gasteiger partial charge is 0.390 e. The molecule has 7 heteroatoms. The van der Waals surface area contributed by atoms with Gasteiger partial charge < -0.3 is 5.73 Å². The van der Waals surface area contributed by atoms with Gasteiger partial charge in [-0.3, -0.25) is 4.21 Å². The molecule has 0 aromatic heterocycles. The van der Waals surface area contributed by atoms with Crippen molar-refractivity contribution in [2.45, 2.75) is 17.5 Å². The molecule has 90 valence electrons. The summed E-state index contributed by atoms with van der Waals surface area (Å²) in [6, 6.07) is 3.12. The average molecular weight is 255 g/mol. The first-order valence-corrected chi connectivity index (χ1v) is 5.61. The summed E-state index contributed by atoms with van der Waals surface area (Å²) in [6.07, 6.45) is -5.56. The van der Waals surface area contributed by atoms with E-state index in [1.165, 1.54) is 6.07 Å². The van der Waals surface area contributed by atoms with Crippen LogP contribution in [0.25, 0.3) is 0 Å². The third-order valence-corrected chi connectivity index (χ3v) is 3.21. The lowest BCUT2D eigenvalue weighted by molar-refractivity contribution is -0.129. The Labute approximate surface area is 91.9 Å². The van der Waals surface area contributed by atoms with Gasteiger partial charge in [0.1, 0.15) is 5.82 Å². The first-order valence-electron chi connectivity index (χ1n) is 4.30. The van der Waals surface area contributed by atoms with Crippen LogP contribution in [0.1, 0.15) is 6.42 Å². The van der Waals surface area contributed by atoms with E-state index in [4.69, 9.17) is 5.73 Å². The molecule has 1 unspecified atom stereocenters. The number of nitrogens with two attached hydrogens (primary N) is 1. The number of halogens is 4. The van der Waals surface area contributed by atoms with Crippen molar-refractivity contribution in [1.82, 2.24) is 0 Å². The summed E-state index contributed by atoms with van der Waals surface area (Å²) in [5, 5.41) is 0. The van der Waals surface area contributed by atoms with Gasteiger partial charge in [-0.1, -0.05) is 0 Å². The summed E-state index contributed by atoms with van der Waals surface area (Å²) in [4.78, 5) is -0.0933. The second-order valence-electron chi connectivity index (χ2n) is 3.10. The third-order valence-electron chi connectivity index (χ3n) is 1.79. The molecule has 0 saturated heterocycles. The van der Waals surface area contributed by atoms with Crippen LogP contribution >= 0.6 is 0 Å². The minimum atomic E-state index is -4.38. The van der Waals surface area contributed by atoms with Gasteiger partial charge in [-0.25, -0.2) is 4.39 Å². The van der Waals surface area contributed by atoms with Crippen LogP contribution in [0.3, 0.4) is 0 Å². The van der Waals surface area contributed by atoms with Crippen LogP contribution in [0.2, 0.25) is 0 Å². The van der Waals surface area contributed by atoms with Gasteiger partial charge in [0.2, 0.25) is 0 Å². The molecule has 0 aliphatic carbocycles. The molecular weight excluding hydrogens is 246 g/mol. The first kappa shape index (κ1) is 13.0. The van der Waals surface area contributed by atoms with Crippen LogP contribution < -0.4 is 5.73 Å². The highest BCUT2D eigenvalue weighted by Gasteiger charge is 2.28. The highest BCUT2D eigenvalue weighted by molar-refractivity contribution is 7.85. The minimum absolute atomic E-state index is 0.0295. The van der Waals surface area contributed by atoms with E-state index in [1.807, 2.05) is 0 Å². The van der Waals surface area contributed by atoms with E-state index >= 15 is 0 Å². The average Bonchev–Trinajstić information content (AvgIpc) is 2.17. The maximum atomic E-state index is 12.8. The van der Waals surface area contributed by atoms with Crippen LogP contribution in [0.4, 0.5) is 23.2 Å². The molecule has 1 rings (SSSR count). The second-order valence-corrected chi connectivity index (χ2v) is 4.64. The van der Waals surface area contributed by atoms with Crippen molar-refractivity contribution in [2.75, 3.05) is 11.5 Å². The monoisotopic (exact) mass is 255 g/mol. The molecule has 0 bridgehead atoms. The number of nitrogen functional groups attached to an aromatic ring is 1. The molecule has 2 N–H and O–H groups in total. The van der Waals surface area contributed by atoms with Gasteiger partial charge in [0.15, 0.2) is 0 Å². The van der Waals surface area contributed by atoms with Crippen LogP contribution in [-0.2, 0) is 10.8 Å². The number of benzene rings is 1. The van der Waals surface area contributed by atoms with Crippen molar-refractivity contribution >= 4 is 16.5 Å². The summed E-state index contributed by atoms with van der Waals surface area (Å²) in [5.74, 6) is -1.29. The molecule has 0 saturated carbocycles. The lowest BCUT2D eigenvalue weighted by Crippen LogP contribution is -2.13. The quantitative estimate of drug-likeness (QED) is 0.666. The van der Waals surface area contributed by atoms with Gasteiger partial charge in [0.05, 0.1) is 22.1 Å². The molecule has 0 aliphatic heterocycles. The third kappa shape index (κ3) is 3.80. The van der Waals surface area contributed by atoms with Crippen molar-refractivity contribution in [3.63, 3.8) is 0 Å². The number of alkyl halides is 3. The van der Waals surface area contributed by atoms with Gasteiger partial charge in [0, 0.05) is 11.4 Å². The Morgan fingerprint density at radius 3 is 2.50 bits per heavy atom. The minimum Gasteiger partial charge on any atom is -0.398 e. The summed E-state index contributed by atoms with van der Waals surface area (Å²) in [6.45, 7) is 0. The molecule has 0 amide bonds. The predicted octanol–water partition coefficient (Wildman–Crippen LogP) is 2.47. The Hall–Kier alpha value is -1.11. The van der Waals surface area contributed by atoms with Crippen molar-refractivity contribution in [2.24, 2.45) is 0 Å². The van der Waals surface area contributed by atoms with Crippen LogP contribution in [0, 0.1) is 5.82 Å². The van der Waals surface area contributed by atoms with Gasteiger partial charge in [-0.2, -0.15) is 13.2 Å². The van der Waals surface area contributed by atoms with E-state index in [1.54, 1.807) is 0 Å². The molecule has 1 aromatic rings. The zero-order valence-corrected chi connectivity index (χ0v) is 8.87. The van der Waals surface area contributed by atoms with E-state index in [0.29, 0.717) is 0 Å². The molecule has 1 aromatic carbocycles. The molecule has 0 fully saturated rings. The van der Waals surface area contributed by atoms with Crippen molar-refractivity contribution < 1.29 is 21.8 Å². The zero-order chi connectivity index (χ0) is 12.3. The molecule has 16 heavy (non-hydrogen) atoms. The standard InChI is InChI=1S/C9H9F4NOS/c10-6-1-2-7(14)8(5-6)16(15)4-3-9(11,12)13/h1-2,5H,3-4,14H2. The number of anilines is 1. The lowest BCUT2D eigenvalue weighted by atomic mass is 10.3. The zero-order valence-electron chi connectivity index (χ0n) is 8.05. The lowest BCUT2D eigenvalue weighted by Gasteiger charge is -2.08. The first-order chi connectivity index (χ1) is 7.29. The predicted molar refractivity (Wildman–Crippen MR) is 52.8 cm³/mol. The van der Waals surface area contributed by atoms with E-state index in [9.17, 15) is 21.8 Å². The fraction of sp³-hybridized carbons (Fsp3) is 0.333. The SMILES string of the molecule is Nc1ccc(F)cc1S(=O)CCC(F)(F)F. The van der Waals surface area contributed by atoms with E-state index in [2.05, 4.69) is 0 Å². The Morgan fingerprint density at radius 2 is 1.94 bits per heavy atom. The van der Waals surface area contributed by atoms with Crippen LogP contribution in [0.5, 0.6) is 0 Å². The summed E-state index contributed by atoms with van der Waals surface area (Å²) >= 11 is 0. The summed E-state index contributed by atoms with van der Waals surface area (Å²) < 4.78 is 59.8. The van der Waals surface area contributed by atoms with E-state index < -0.39 is 35.0 Å². The molecule has 0 heterocycles. The van der Waals surface area contributed by atoms with Crippen molar-refractivity contribution in [3.8, 4) is 0 Å². The van der Waals surface area contributed by atoms with E-state index in [-0.39, 0.29) is 10.6 Å². The van der Waals surface area contributed by atoms with E-state index in [0.717, 1.165) is 12.1 Å². The maximum Gasteiger partial charge on any atom is 0.390 e. The molecule has 0 aliphatic rings. The normalized spacial score (nSPS) is 13.8. The fourth-order valence-corrected chi connectivity index (χ4v) is 2.24. The highest BCUT2D eigenvalue weighted by atomic mass is 32.2. The Balaban J connectivity index is 2.77. The Morgan fingerprint density at radius 1 is 1.31 bits per heavy atom. The molecule has 2 nitrogen and oxygen atoms in total. The molecular formula is C9H9F4NOS. The fourth-order valence-electron chi connectivity index (χ4n) is 1.02. The van der Waals surface area contributed by atoms with Crippen LogP contribution in [-0.4, -0.2) is 16.1 Å². The molecule has 0 radical (unpaired) electrons. The van der Waals surface area contributed by atoms with Crippen LogP contribution in [0.15, 0.2) is 23.1 Å². The van der Waals surface area contributed by atoms with Gasteiger partial charge in [-0.15, -0.1) is 0 Å². The second kappa shape index (κ2) is 4.82. The highest BCUT2D eigenvalue weighted by Crippen LogP contribution is 2.23. The maximum absolute atomic E-state index is 12.8. The molecule has 1 atom stereocenters. The Bertz CT molecular complexity index is 405. The van der Waals surface area contributed by atoms with Gasteiger partial charge >= 0.3 is 6.18 Å². The topological polar surface area (TPSA) is 43.1 Å². The van der Waals surface area contributed by atoms with Gasteiger partial charge in [-0.05, 0) is 18.2 Å². The summed E-state index contributed by atoms with van der Waals surface area (Å²) in [7, 11) is -1.94. The number of hydrogen-bond acceptors (Lipinski definition) is 2. The Kier molecular flexibility index (Phi) is 3.90. The largest absolute Gasteiger partial charge is 0.398 e. The summed E-state index contributed by atoms with van der Waals surface area (Å²) in [5.41, 5.74) is 5.42. The number of hydrogen-bond donors (Lipinski definition) is 1. The van der Waals surface area contributed by atoms with Gasteiger partial charge in [0.25, 0.3) is 0 Å². The number of rotatable bonds is 3. The van der Waals surface area contributed by atoms with Crippen molar-refractivity contribution in [3.05, 3.63) is 24.0 Å². The van der Waals surface area contributed by atoms with Crippen molar-refractivity contribution in [1.29, 1.82) is 0 Å². The molecule has 0 spiro atoms.